The van der Waals surface area contributed by atoms with E-state index in [0.717, 1.165) is 0 Å². The zero-order valence-electron chi connectivity index (χ0n) is 21.8. The number of hydrogen-bond acceptors (Lipinski definition) is 11. The van der Waals surface area contributed by atoms with Crippen molar-refractivity contribution in [1.82, 2.24) is 0 Å². The molecule has 1 spiro atoms. The van der Waals surface area contributed by atoms with E-state index in [4.69, 9.17) is 23.7 Å². The Balaban J connectivity index is 1.98. The summed E-state index contributed by atoms with van der Waals surface area (Å²) in [5.41, 5.74) is -3.78. The highest BCUT2D eigenvalue weighted by Gasteiger charge is 2.86. The van der Waals surface area contributed by atoms with E-state index in [1.165, 1.54) is 27.7 Å². The topological polar surface area (TPSA) is 158 Å². The summed E-state index contributed by atoms with van der Waals surface area (Å²) in [4.78, 5) is 49.3. The molecule has 11 heteroatoms. The molecule has 2 aliphatic heterocycles. The molecule has 1 saturated carbocycles. The molecular weight excluding hydrogens is 488 g/mol. The highest BCUT2D eigenvalue weighted by atomic mass is 16.7. The Bertz CT molecular complexity index is 1080. The lowest BCUT2D eigenvalue weighted by molar-refractivity contribution is -0.203. The number of ether oxygens (including phenoxy) is 5. The van der Waals surface area contributed by atoms with Crippen LogP contribution in [0.3, 0.4) is 0 Å². The minimum absolute atomic E-state index is 0.0614. The first-order valence-corrected chi connectivity index (χ1v) is 12.3. The molecule has 10 atom stereocenters. The first-order valence-electron chi connectivity index (χ1n) is 12.3. The van der Waals surface area contributed by atoms with Gasteiger partial charge >= 0.3 is 23.9 Å². The predicted octanol–water partition coefficient (Wildman–Crippen LogP) is 0.889. The Morgan fingerprint density at radius 1 is 1.00 bits per heavy atom. The van der Waals surface area contributed by atoms with E-state index in [1.54, 1.807) is 19.9 Å². The molecule has 0 aromatic rings. The van der Waals surface area contributed by atoms with E-state index in [1.807, 2.05) is 0 Å². The van der Waals surface area contributed by atoms with Crippen LogP contribution in [0.5, 0.6) is 0 Å². The first kappa shape index (κ1) is 27.3. The van der Waals surface area contributed by atoms with Crippen molar-refractivity contribution in [3.8, 4) is 0 Å². The largest absolute Gasteiger partial charge is 0.462 e. The highest BCUT2D eigenvalue weighted by molar-refractivity contribution is 5.89. The predicted molar refractivity (Wildman–Crippen MR) is 125 cm³/mol. The number of rotatable bonds is 3. The smallest absolute Gasteiger partial charge is 0.342 e. The van der Waals surface area contributed by atoms with Crippen LogP contribution in [0.4, 0.5) is 0 Å². The van der Waals surface area contributed by atoms with Crippen molar-refractivity contribution in [3.63, 3.8) is 0 Å². The molecule has 0 bridgehead atoms. The van der Waals surface area contributed by atoms with Crippen LogP contribution in [0.25, 0.3) is 0 Å². The number of hydrogen-bond donors (Lipinski definition) is 2. The van der Waals surface area contributed by atoms with Crippen LogP contribution in [-0.2, 0) is 42.9 Å². The maximum absolute atomic E-state index is 12.8. The fourth-order valence-corrected chi connectivity index (χ4v) is 6.51. The molecule has 4 rings (SSSR count). The zero-order chi connectivity index (χ0) is 27.7. The van der Waals surface area contributed by atoms with E-state index in [0.29, 0.717) is 5.57 Å². The summed E-state index contributed by atoms with van der Waals surface area (Å²) in [5, 5.41) is 22.9. The molecule has 0 radical (unpaired) electrons. The van der Waals surface area contributed by atoms with Gasteiger partial charge in [-0.3, -0.25) is 14.4 Å². The van der Waals surface area contributed by atoms with Crippen LogP contribution in [0.1, 0.15) is 54.4 Å². The van der Waals surface area contributed by atoms with Crippen molar-refractivity contribution in [2.24, 2.45) is 11.3 Å². The number of fused-ring (bicyclic) bond motifs is 1. The lowest BCUT2D eigenvalue weighted by atomic mass is 9.55. The van der Waals surface area contributed by atoms with Gasteiger partial charge in [-0.25, -0.2) is 4.79 Å². The van der Waals surface area contributed by atoms with E-state index in [2.05, 4.69) is 6.58 Å². The molecule has 0 aromatic heterocycles. The molecule has 3 fully saturated rings. The van der Waals surface area contributed by atoms with Gasteiger partial charge in [0.2, 0.25) is 0 Å². The molecule has 4 aliphatic rings. The van der Waals surface area contributed by atoms with Gasteiger partial charge in [-0.05, 0) is 31.1 Å². The minimum Gasteiger partial charge on any atom is -0.462 e. The second-order valence-electron chi connectivity index (χ2n) is 10.8. The molecular formula is C26H34O11. The molecule has 2 N–H and O–H groups in total. The molecule has 0 amide bonds. The minimum atomic E-state index is -1.57. The number of carbonyl (C=O) groups is 4. The van der Waals surface area contributed by atoms with Crippen LogP contribution < -0.4 is 0 Å². The summed E-state index contributed by atoms with van der Waals surface area (Å²) < 4.78 is 28.6. The third-order valence-corrected chi connectivity index (χ3v) is 8.48. The van der Waals surface area contributed by atoms with Gasteiger partial charge in [0.05, 0.1) is 17.6 Å². The lowest BCUT2D eigenvalue weighted by Crippen LogP contribution is -2.64. The van der Waals surface area contributed by atoms with Gasteiger partial charge in [-0.15, -0.1) is 0 Å². The van der Waals surface area contributed by atoms with Crippen molar-refractivity contribution >= 4 is 23.9 Å². The Kier molecular flexibility index (Phi) is 6.58. The Morgan fingerprint density at radius 3 is 2.05 bits per heavy atom. The van der Waals surface area contributed by atoms with Gasteiger partial charge in [0.25, 0.3) is 0 Å². The van der Waals surface area contributed by atoms with Gasteiger partial charge in [0, 0.05) is 39.5 Å². The summed E-state index contributed by atoms with van der Waals surface area (Å²) in [5.74, 6) is -3.66. The summed E-state index contributed by atoms with van der Waals surface area (Å²) in [6, 6.07) is 0. The Labute approximate surface area is 214 Å². The van der Waals surface area contributed by atoms with Gasteiger partial charge in [-0.1, -0.05) is 13.5 Å². The van der Waals surface area contributed by atoms with Gasteiger partial charge in [0.15, 0.2) is 17.3 Å². The summed E-state index contributed by atoms with van der Waals surface area (Å²) in [7, 11) is 0. The van der Waals surface area contributed by atoms with E-state index >= 15 is 0 Å². The number of aliphatic hydroxyl groups excluding tert-OH is 2. The van der Waals surface area contributed by atoms with E-state index in [-0.39, 0.29) is 18.4 Å². The average Bonchev–Trinajstić information content (AvgIpc) is 3.36. The van der Waals surface area contributed by atoms with E-state index < -0.39 is 83.0 Å². The maximum Gasteiger partial charge on any atom is 0.342 e. The standard InChI is InChI=1S/C26H34O11/c1-11-8-20-26(25(7,37-26)23(32)36-20)22(31)21-12(2)16(30)9-18(34-14(4)28)24(21,6)19(35-15(5)29)10-17(11)33-13(3)27/h8,16-22,30-31H,2,9-10H2,1,3-7H3/b11-8-/t16-,17+,18-,19-,20-,21+,22-,24+,25-,26-/m0/s1. The van der Waals surface area contributed by atoms with Crippen molar-refractivity contribution in [1.29, 1.82) is 0 Å². The van der Waals surface area contributed by atoms with Crippen LogP contribution in [0.2, 0.25) is 0 Å². The molecule has 37 heavy (non-hydrogen) atoms. The fourth-order valence-electron chi connectivity index (χ4n) is 6.51. The van der Waals surface area contributed by atoms with Gasteiger partial charge < -0.3 is 33.9 Å². The lowest BCUT2D eigenvalue weighted by Gasteiger charge is -2.54. The van der Waals surface area contributed by atoms with E-state index in [9.17, 15) is 29.4 Å². The zero-order valence-corrected chi connectivity index (χ0v) is 21.8. The summed E-state index contributed by atoms with van der Waals surface area (Å²) >= 11 is 0. The average molecular weight is 523 g/mol. The van der Waals surface area contributed by atoms with Crippen molar-refractivity contribution in [2.75, 3.05) is 0 Å². The number of aliphatic hydroxyl groups is 2. The molecule has 2 heterocycles. The molecule has 204 valence electrons. The molecule has 11 nitrogen and oxygen atoms in total. The maximum atomic E-state index is 12.8. The van der Waals surface area contributed by atoms with Crippen LogP contribution in [0.15, 0.2) is 23.8 Å². The normalized spacial score (nSPS) is 46.2. The first-order chi connectivity index (χ1) is 17.1. The van der Waals surface area contributed by atoms with Crippen LogP contribution >= 0.6 is 0 Å². The Morgan fingerprint density at radius 2 is 1.54 bits per heavy atom. The number of carbonyl (C=O) groups excluding carboxylic acids is 4. The van der Waals surface area contributed by atoms with Crippen LogP contribution in [-0.4, -0.2) is 81.9 Å². The fraction of sp³-hybridized carbons (Fsp3) is 0.692. The summed E-state index contributed by atoms with van der Waals surface area (Å²) in [6.45, 7) is 12.5. The molecule has 2 aliphatic carbocycles. The summed E-state index contributed by atoms with van der Waals surface area (Å²) in [6.07, 6.45) is -5.35. The molecule has 2 saturated heterocycles. The van der Waals surface area contributed by atoms with Gasteiger partial charge in [0.1, 0.15) is 18.3 Å². The van der Waals surface area contributed by atoms with Crippen LogP contribution in [0, 0.1) is 11.3 Å². The monoisotopic (exact) mass is 522 g/mol. The third-order valence-electron chi connectivity index (χ3n) is 8.48. The quantitative estimate of drug-likeness (QED) is 0.235. The second-order valence-corrected chi connectivity index (χ2v) is 10.8. The second kappa shape index (κ2) is 8.92. The number of esters is 4. The van der Waals surface area contributed by atoms with Crippen molar-refractivity contribution in [2.45, 2.75) is 102 Å². The van der Waals surface area contributed by atoms with Crippen molar-refractivity contribution in [3.05, 3.63) is 23.8 Å². The molecule has 0 unspecified atom stereocenters. The third kappa shape index (κ3) is 3.98. The van der Waals surface area contributed by atoms with Crippen molar-refractivity contribution < 1.29 is 53.1 Å². The highest BCUT2D eigenvalue weighted by Crippen LogP contribution is 2.64. The number of epoxide rings is 1. The Hall–Kier alpha value is -2.76. The SMILES string of the molecule is C=C1[C@@H]2[C@H](O)[C@]34O[C@@]3(C)C(=O)O[C@H]4/C=C(/C)[C@H](OC(C)=O)C[C@H](OC(C)=O)[C@@]2(C)[C@@H](OC(C)=O)C[C@@H]1O. The molecule has 0 aromatic carbocycles. The van der Waals surface area contributed by atoms with Gasteiger partial charge in [-0.2, -0.15) is 0 Å².